The van der Waals surface area contributed by atoms with Gasteiger partial charge in [0.1, 0.15) is 11.6 Å². The second-order valence-corrected chi connectivity index (χ2v) is 6.80. The van der Waals surface area contributed by atoms with Crippen molar-refractivity contribution in [3.05, 3.63) is 41.9 Å². The predicted molar refractivity (Wildman–Crippen MR) is 92.9 cm³/mol. The summed E-state index contributed by atoms with van der Waals surface area (Å²) in [5.41, 5.74) is 3.12. The summed E-state index contributed by atoms with van der Waals surface area (Å²) in [7, 11) is 0. The molecule has 1 atom stereocenters. The van der Waals surface area contributed by atoms with Gasteiger partial charge in [0.25, 0.3) is 0 Å². The number of para-hydroxylation sites is 2. The van der Waals surface area contributed by atoms with Crippen molar-refractivity contribution in [2.45, 2.75) is 39.2 Å². The van der Waals surface area contributed by atoms with E-state index < -0.39 is 0 Å². The first-order valence-corrected chi connectivity index (χ1v) is 8.41. The molecule has 0 saturated carbocycles. The van der Waals surface area contributed by atoms with Crippen LogP contribution in [0.1, 0.15) is 44.0 Å². The molecule has 0 aliphatic carbocycles. The number of carbonyl (C=O) groups excluding carboxylic acids is 1. The molecule has 4 rings (SSSR count). The number of H-pyrrole nitrogens is 1. The van der Waals surface area contributed by atoms with Gasteiger partial charge in [-0.15, -0.1) is 0 Å². The lowest BCUT2D eigenvalue weighted by atomic mass is 9.93. The largest absolute Gasteiger partial charge is 0.327 e. The molecule has 24 heavy (non-hydrogen) atoms. The van der Waals surface area contributed by atoms with Crippen molar-refractivity contribution in [3.63, 3.8) is 0 Å². The van der Waals surface area contributed by atoms with Gasteiger partial charge in [-0.1, -0.05) is 26.0 Å². The Balaban J connectivity index is 1.84. The molecule has 3 aromatic rings. The maximum atomic E-state index is 12.1. The molecule has 1 aliphatic heterocycles. The Morgan fingerprint density at radius 3 is 3.00 bits per heavy atom. The minimum absolute atomic E-state index is 0.000726. The average Bonchev–Trinajstić information content (AvgIpc) is 3.16. The van der Waals surface area contributed by atoms with Crippen LogP contribution >= 0.6 is 0 Å². The zero-order chi connectivity index (χ0) is 16.7. The summed E-state index contributed by atoms with van der Waals surface area (Å²) in [4.78, 5) is 17.0. The monoisotopic (exact) mass is 323 g/mol. The maximum Gasteiger partial charge on any atom is 0.226 e. The summed E-state index contributed by atoms with van der Waals surface area (Å²) in [5, 5.41) is 9.82. The highest BCUT2D eigenvalue weighted by Gasteiger charge is 2.31. The average molecular weight is 323 g/mol. The molecule has 0 saturated heterocycles. The lowest BCUT2D eigenvalue weighted by Gasteiger charge is -2.23. The standard InChI is InChI=1S/C18H21N5O/c1-11(2)7-8-23-15-6-4-3-5-14(15)20-18(23)12-9-16(24)21-17-13(12)10-19-22-17/h3-6,10-12H,7-9H2,1-2H3,(H2,19,21,22,24). The van der Waals surface area contributed by atoms with Gasteiger partial charge in [-0.25, -0.2) is 4.98 Å². The van der Waals surface area contributed by atoms with Gasteiger partial charge in [0.15, 0.2) is 0 Å². The molecule has 1 amide bonds. The number of nitrogens with one attached hydrogen (secondary N) is 2. The van der Waals surface area contributed by atoms with Gasteiger partial charge in [-0.2, -0.15) is 5.10 Å². The zero-order valence-corrected chi connectivity index (χ0v) is 13.9. The molecule has 2 aromatic heterocycles. The van der Waals surface area contributed by atoms with Crippen molar-refractivity contribution in [1.29, 1.82) is 0 Å². The topological polar surface area (TPSA) is 75.6 Å². The highest BCUT2D eigenvalue weighted by atomic mass is 16.1. The molecule has 0 fully saturated rings. The van der Waals surface area contributed by atoms with E-state index in [0.29, 0.717) is 18.2 Å². The van der Waals surface area contributed by atoms with E-state index in [1.807, 2.05) is 18.2 Å². The van der Waals surface area contributed by atoms with Crippen molar-refractivity contribution in [1.82, 2.24) is 19.7 Å². The maximum absolute atomic E-state index is 12.1. The van der Waals surface area contributed by atoms with Gasteiger partial charge in [0.2, 0.25) is 5.91 Å². The predicted octanol–water partition coefficient (Wildman–Crippen LogP) is 3.28. The third-order valence-corrected chi connectivity index (χ3v) is 4.62. The number of imidazole rings is 1. The van der Waals surface area contributed by atoms with Gasteiger partial charge < -0.3 is 9.88 Å². The van der Waals surface area contributed by atoms with E-state index >= 15 is 0 Å². The van der Waals surface area contributed by atoms with E-state index in [-0.39, 0.29) is 11.8 Å². The number of rotatable bonds is 4. The van der Waals surface area contributed by atoms with E-state index in [4.69, 9.17) is 4.98 Å². The molecule has 3 heterocycles. The highest BCUT2D eigenvalue weighted by Crippen LogP contribution is 2.36. The Kier molecular flexibility index (Phi) is 3.59. The van der Waals surface area contributed by atoms with Crippen molar-refractivity contribution in [2.24, 2.45) is 5.92 Å². The Labute approximate surface area is 140 Å². The SMILES string of the molecule is CC(C)CCn1c(C2CC(=O)Nc3[nH]ncc32)nc2ccccc21. The van der Waals surface area contributed by atoms with Crippen molar-refractivity contribution in [2.75, 3.05) is 5.32 Å². The number of nitrogens with zero attached hydrogens (tertiary/aromatic N) is 3. The van der Waals surface area contributed by atoms with Crippen LogP contribution < -0.4 is 5.32 Å². The fourth-order valence-electron chi connectivity index (χ4n) is 3.36. The van der Waals surface area contributed by atoms with Gasteiger partial charge >= 0.3 is 0 Å². The molecule has 1 aliphatic rings. The van der Waals surface area contributed by atoms with E-state index in [0.717, 1.165) is 35.4 Å². The Morgan fingerprint density at radius 1 is 1.33 bits per heavy atom. The number of aryl methyl sites for hydroxylation is 1. The molecular weight excluding hydrogens is 302 g/mol. The molecule has 0 bridgehead atoms. The molecule has 6 heteroatoms. The molecule has 2 N–H and O–H groups in total. The lowest BCUT2D eigenvalue weighted by molar-refractivity contribution is -0.116. The summed E-state index contributed by atoms with van der Waals surface area (Å²) in [6, 6.07) is 8.18. The first-order chi connectivity index (χ1) is 11.6. The smallest absolute Gasteiger partial charge is 0.226 e. The summed E-state index contributed by atoms with van der Waals surface area (Å²) < 4.78 is 2.27. The third-order valence-electron chi connectivity index (χ3n) is 4.62. The molecule has 124 valence electrons. The van der Waals surface area contributed by atoms with Crippen LogP contribution in [0.5, 0.6) is 0 Å². The van der Waals surface area contributed by atoms with Crippen LogP contribution in [-0.2, 0) is 11.3 Å². The van der Waals surface area contributed by atoms with Gasteiger partial charge in [0.05, 0.1) is 23.1 Å². The summed E-state index contributed by atoms with van der Waals surface area (Å²) in [6.07, 6.45) is 3.27. The molecular formula is C18H21N5O. The lowest BCUT2D eigenvalue weighted by Crippen LogP contribution is -2.25. The number of amides is 1. The number of fused-ring (bicyclic) bond motifs is 2. The summed E-state index contributed by atoms with van der Waals surface area (Å²) in [5.74, 6) is 2.19. The fourth-order valence-corrected chi connectivity index (χ4v) is 3.36. The number of anilines is 1. The molecule has 6 nitrogen and oxygen atoms in total. The number of carbonyl (C=O) groups is 1. The van der Waals surface area contributed by atoms with Crippen LogP contribution in [-0.4, -0.2) is 25.7 Å². The Hall–Kier alpha value is -2.63. The normalized spacial score (nSPS) is 17.3. The molecule has 0 spiro atoms. The quantitative estimate of drug-likeness (QED) is 0.773. The van der Waals surface area contributed by atoms with E-state index in [1.54, 1.807) is 6.20 Å². The number of benzene rings is 1. The van der Waals surface area contributed by atoms with Crippen LogP contribution in [0, 0.1) is 5.92 Å². The van der Waals surface area contributed by atoms with E-state index in [2.05, 4.69) is 40.0 Å². The van der Waals surface area contributed by atoms with Crippen LogP contribution in [0.15, 0.2) is 30.5 Å². The van der Waals surface area contributed by atoms with Gasteiger partial charge in [0, 0.05) is 18.5 Å². The second kappa shape index (κ2) is 5.78. The Bertz CT molecular complexity index is 892. The number of hydrogen-bond donors (Lipinski definition) is 2. The first-order valence-electron chi connectivity index (χ1n) is 8.41. The van der Waals surface area contributed by atoms with Crippen LogP contribution in [0.25, 0.3) is 11.0 Å². The van der Waals surface area contributed by atoms with Gasteiger partial charge in [-0.05, 0) is 24.5 Å². The summed E-state index contributed by atoms with van der Waals surface area (Å²) in [6.45, 7) is 5.35. The zero-order valence-electron chi connectivity index (χ0n) is 13.9. The Morgan fingerprint density at radius 2 is 2.17 bits per heavy atom. The van der Waals surface area contributed by atoms with Crippen molar-refractivity contribution >= 4 is 22.8 Å². The molecule has 0 radical (unpaired) electrons. The summed E-state index contributed by atoms with van der Waals surface area (Å²) >= 11 is 0. The minimum Gasteiger partial charge on any atom is -0.327 e. The molecule has 1 aromatic carbocycles. The highest BCUT2D eigenvalue weighted by molar-refractivity contribution is 5.94. The van der Waals surface area contributed by atoms with E-state index in [1.165, 1.54) is 0 Å². The second-order valence-electron chi connectivity index (χ2n) is 6.80. The number of hydrogen-bond acceptors (Lipinski definition) is 3. The molecule has 1 unspecified atom stereocenters. The number of aromatic nitrogens is 4. The van der Waals surface area contributed by atoms with Crippen LogP contribution in [0.3, 0.4) is 0 Å². The van der Waals surface area contributed by atoms with Crippen molar-refractivity contribution in [3.8, 4) is 0 Å². The van der Waals surface area contributed by atoms with Crippen molar-refractivity contribution < 1.29 is 4.79 Å². The first kappa shape index (κ1) is 14.9. The third kappa shape index (κ3) is 2.48. The minimum atomic E-state index is -0.0629. The van der Waals surface area contributed by atoms with E-state index in [9.17, 15) is 4.79 Å². The van der Waals surface area contributed by atoms with Crippen LogP contribution in [0.4, 0.5) is 5.82 Å². The van der Waals surface area contributed by atoms with Crippen LogP contribution in [0.2, 0.25) is 0 Å². The fraction of sp³-hybridized carbons (Fsp3) is 0.389. The van der Waals surface area contributed by atoms with Gasteiger partial charge in [-0.3, -0.25) is 9.89 Å². The number of aromatic amines is 1.